The summed E-state index contributed by atoms with van der Waals surface area (Å²) in [7, 11) is -3.62. The highest BCUT2D eigenvalue weighted by Gasteiger charge is 2.17. The molecular weight excluding hydrogens is 360 g/mol. The molecule has 3 aromatic rings. The summed E-state index contributed by atoms with van der Waals surface area (Å²) in [5, 5.41) is 9.31. The van der Waals surface area contributed by atoms with E-state index in [-0.39, 0.29) is 15.5 Å². The van der Waals surface area contributed by atoms with Crippen molar-refractivity contribution in [1.29, 1.82) is 0 Å². The molecule has 0 aliphatic rings. The molecule has 0 aliphatic heterocycles. The molecule has 0 bridgehead atoms. The molecule has 0 heterocycles. The van der Waals surface area contributed by atoms with Crippen LogP contribution in [0, 0.1) is 0 Å². The first-order valence-corrected chi connectivity index (χ1v) is 10.2. The Bertz CT molecular complexity index is 988. The molecule has 0 unspecified atom stereocenters. The van der Waals surface area contributed by atoms with Crippen LogP contribution in [0.1, 0.15) is 30.9 Å². The summed E-state index contributed by atoms with van der Waals surface area (Å²) >= 11 is 0. The van der Waals surface area contributed by atoms with E-state index in [0.29, 0.717) is 18.3 Å². The van der Waals surface area contributed by atoms with Crippen LogP contribution in [0.5, 0.6) is 11.5 Å². The van der Waals surface area contributed by atoms with Crippen molar-refractivity contribution in [3.05, 3.63) is 83.9 Å². The molecule has 0 atom stereocenters. The zero-order valence-corrected chi connectivity index (χ0v) is 16.1. The maximum absolute atomic E-state index is 12.6. The lowest BCUT2D eigenvalue weighted by Crippen LogP contribution is -2.02. The van der Waals surface area contributed by atoms with Gasteiger partial charge in [-0.25, -0.2) is 8.42 Å². The third kappa shape index (κ3) is 4.49. The third-order valence-corrected chi connectivity index (χ3v) is 6.12. The number of phenols is 1. The molecule has 5 heteroatoms. The van der Waals surface area contributed by atoms with E-state index >= 15 is 0 Å². The fourth-order valence-corrected chi connectivity index (χ4v) is 3.90. The van der Waals surface area contributed by atoms with Crippen molar-refractivity contribution in [3.63, 3.8) is 0 Å². The maximum atomic E-state index is 12.6. The van der Waals surface area contributed by atoms with Gasteiger partial charge in [0.1, 0.15) is 18.1 Å². The summed E-state index contributed by atoms with van der Waals surface area (Å²) in [5.74, 6) is 1.12. The molecule has 0 fully saturated rings. The molecule has 0 saturated carbocycles. The minimum atomic E-state index is -3.62. The molecule has 0 saturated heterocycles. The van der Waals surface area contributed by atoms with Crippen molar-refractivity contribution in [2.24, 2.45) is 0 Å². The molecule has 140 valence electrons. The number of hydrogen-bond donors (Lipinski definition) is 1. The van der Waals surface area contributed by atoms with Gasteiger partial charge in [0.25, 0.3) is 0 Å². The average molecular weight is 382 g/mol. The first-order chi connectivity index (χ1) is 12.9. The molecule has 0 spiro atoms. The van der Waals surface area contributed by atoms with Crippen LogP contribution in [0.15, 0.2) is 82.6 Å². The average Bonchev–Trinajstić information content (AvgIpc) is 2.67. The molecule has 0 amide bonds. The van der Waals surface area contributed by atoms with Gasteiger partial charge in [0.2, 0.25) is 9.84 Å². The topological polar surface area (TPSA) is 63.6 Å². The van der Waals surface area contributed by atoms with Gasteiger partial charge in [0.05, 0.1) is 9.79 Å². The summed E-state index contributed by atoms with van der Waals surface area (Å²) in [4.78, 5) is 0.320. The molecule has 0 radical (unpaired) electrons. The fourth-order valence-electron chi connectivity index (χ4n) is 2.64. The first-order valence-electron chi connectivity index (χ1n) is 8.72. The lowest BCUT2D eigenvalue weighted by Gasteiger charge is -2.10. The Hall–Kier alpha value is -2.79. The van der Waals surface area contributed by atoms with Crippen molar-refractivity contribution in [2.45, 2.75) is 36.2 Å². The van der Waals surface area contributed by atoms with Crippen molar-refractivity contribution >= 4 is 9.84 Å². The fraction of sp³-hybridized carbons (Fsp3) is 0.182. The molecule has 1 N–H and O–H groups in total. The normalized spacial score (nSPS) is 11.5. The summed E-state index contributed by atoms with van der Waals surface area (Å²) in [6, 6.07) is 20.1. The van der Waals surface area contributed by atoms with Crippen LogP contribution >= 0.6 is 0 Å². The highest BCUT2D eigenvalue weighted by molar-refractivity contribution is 7.91. The predicted octanol–water partition coefficient (Wildman–Crippen LogP) is 4.93. The largest absolute Gasteiger partial charge is 0.508 e. The van der Waals surface area contributed by atoms with Gasteiger partial charge in [-0.15, -0.1) is 0 Å². The van der Waals surface area contributed by atoms with E-state index in [0.717, 1.165) is 5.56 Å². The van der Waals surface area contributed by atoms with E-state index in [4.69, 9.17) is 4.74 Å². The van der Waals surface area contributed by atoms with Crippen LogP contribution in [0.2, 0.25) is 0 Å². The number of rotatable bonds is 6. The first kappa shape index (κ1) is 19.0. The van der Waals surface area contributed by atoms with Crippen LogP contribution < -0.4 is 4.74 Å². The predicted molar refractivity (Wildman–Crippen MR) is 105 cm³/mol. The van der Waals surface area contributed by atoms with Crippen LogP contribution in [-0.2, 0) is 16.4 Å². The van der Waals surface area contributed by atoms with E-state index in [1.54, 1.807) is 12.1 Å². The highest BCUT2D eigenvalue weighted by atomic mass is 32.2. The van der Waals surface area contributed by atoms with Gasteiger partial charge in [-0.2, -0.15) is 0 Å². The van der Waals surface area contributed by atoms with Crippen LogP contribution in [-0.4, -0.2) is 13.5 Å². The highest BCUT2D eigenvalue weighted by Crippen LogP contribution is 2.25. The molecular formula is C22H22O4S. The number of phenolic OH excluding ortho intramolecular Hbond substituents is 1. The zero-order chi connectivity index (χ0) is 19.4. The summed E-state index contributed by atoms with van der Waals surface area (Å²) in [6.45, 7) is 4.72. The Labute approximate surface area is 160 Å². The Morgan fingerprint density at radius 1 is 0.815 bits per heavy atom. The quantitative estimate of drug-likeness (QED) is 0.657. The smallest absolute Gasteiger partial charge is 0.206 e. The van der Waals surface area contributed by atoms with Crippen molar-refractivity contribution in [3.8, 4) is 11.5 Å². The number of benzene rings is 3. The SMILES string of the molecule is CC(C)c1ccc(COc2ccc(S(=O)(=O)c3ccc(O)cc3)cc2)cc1. The van der Waals surface area contributed by atoms with Gasteiger partial charge in [-0.3, -0.25) is 0 Å². The maximum Gasteiger partial charge on any atom is 0.206 e. The van der Waals surface area contributed by atoms with Gasteiger partial charge in [0.15, 0.2) is 0 Å². The standard InChI is InChI=1S/C22H22O4S/c1-16(2)18-5-3-17(4-6-18)15-26-20-9-13-22(14-10-20)27(24,25)21-11-7-19(23)8-12-21/h3-14,16,23H,15H2,1-2H3. The van der Waals surface area contributed by atoms with Crippen molar-refractivity contribution < 1.29 is 18.3 Å². The third-order valence-electron chi connectivity index (χ3n) is 4.33. The number of aromatic hydroxyl groups is 1. The van der Waals surface area contributed by atoms with Crippen LogP contribution in [0.25, 0.3) is 0 Å². The monoisotopic (exact) mass is 382 g/mol. The minimum Gasteiger partial charge on any atom is -0.508 e. The second-order valence-electron chi connectivity index (χ2n) is 6.65. The van der Waals surface area contributed by atoms with Crippen molar-refractivity contribution in [1.82, 2.24) is 0 Å². The second kappa shape index (κ2) is 7.84. The molecule has 0 aromatic heterocycles. The second-order valence-corrected chi connectivity index (χ2v) is 8.60. The summed E-state index contributed by atoms with van der Waals surface area (Å²) < 4.78 is 31.0. The summed E-state index contributed by atoms with van der Waals surface area (Å²) in [5.41, 5.74) is 2.34. The van der Waals surface area contributed by atoms with Gasteiger partial charge >= 0.3 is 0 Å². The van der Waals surface area contributed by atoms with Gasteiger partial charge in [-0.1, -0.05) is 38.1 Å². The zero-order valence-electron chi connectivity index (χ0n) is 15.3. The molecule has 0 aliphatic carbocycles. The lowest BCUT2D eigenvalue weighted by molar-refractivity contribution is 0.306. The Morgan fingerprint density at radius 3 is 1.85 bits per heavy atom. The van der Waals surface area contributed by atoms with Gasteiger partial charge < -0.3 is 9.84 Å². The van der Waals surface area contributed by atoms with E-state index in [2.05, 4.69) is 26.0 Å². The van der Waals surface area contributed by atoms with Crippen LogP contribution in [0.4, 0.5) is 0 Å². The van der Waals surface area contributed by atoms with Crippen LogP contribution in [0.3, 0.4) is 0 Å². The van der Waals surface area contributed by atoms with Gasteiger partial charge in [0, 0.05) is 0 Å². The van der Waals surface area contributed by atoms with E-state index < -0.39 is 9.84 Å². The number of hydrogen-bond acceptors (Lipinski definition) is 4. The number of ether oxygens (including phenoxy) is 1. The molecule has 27 heavy (non-hydrogen) atoms. The lowest BCUT2D eigenvalue weighted by atomic mass is 10.0. The number of sulfone groups is 1. The summed E-state index contributed by atoms with van der Waals surface area (Å²) in [6.07, 6.45) is 0. The molecule has 4 nitrogen and oxygen atoms in total. The van der Waals surface area contributed by atoms with Crippen molar-refractivity contribution in [2.75, 3.05) is 0 Å². The molecule has 3 rings (SSSR count). The van der Waals surface area contributed by atoms with E-state index in [1.807, 2.05) is 12.1 Å². The molecule has 3 aromatic carbocycles. The Balaban J connectivity index is 1.69. The van der Waals surface area contributed by atoms with E-state index in [1.165, 1.54) is 42.0 Å². The Kier molecular flexibility index (Phi) is 5.51. The van der Waals surface area contributed by atoms with Gasteiger partial charge in [-0.05, 0) is 65.6 Å². The minimum absolute atomic E-state index is 0.0270. The van der Waals surface area contributed by atoms with E-state index in [9.17, 15) is 13.5 Å². The Morgan fingerprint density at radius 2 is 1.33 bits per heavy atom.